The molecule has 0 aromatic heterocycles. The normalized spacial score (nSPS) is 26.6. The summed E-state index contributed by atoms with van der Waals surface area (Å²) < 4.78 is 56.6. The zero-order valence-electron chi connectivity index (χ0n) is 31.4. The van der Waals surface area contributed by atoms with Gasteiger partial charge in [-0.2, -0.15) is 8.42 Å². The molecule has 17 heteroatoms. The fourth-order valence-corrected chi connectivity index (χ4v) is 9.43. The second kappa shape index (κ2) is 17.0. The van der Waals surface area contributed by atoms with E-state index < -0.39 is 75.3 Å². The van der Waals surface area contributed by atoms with Gasteiger partial charge in [-0.3, -0.25) is 28.8 Å². The molecule has 3 aliphatic heterocycles. The Morgan fingerprint density at radius 2 is 1.70 bits per heavy atom. The van der Waals surface area contributed by atoms with Crippen LogP contribution in [0.3, 0.4) is 0 Å². The maximum Gasteiger partial charge on any atom is 0.410 e. The lowest BCUT2D eigenvalue weighted by atomic mass is 9.95. The van der Waals surface area contributed by atoms with Gasteiger partial charge in [-0.25, -0.2) is 13.9 Å². The molecular formula is C40H47ClFN5O9S. The molecule has 1 saturated heterocycles. The maximum atomic E-state index is 14.5. The van der Waals surface area contributed by atoms with Crippen molar-refractivity contribution in [2.75, 3.05) is 11.3 Å². The maximum absolute atomic E-state index is 14.5. The van der Waals surface area contributed by atoms with Crippen LogP contribution in [0.4, 0.5) is 14.9 Å². The van der Waals surface area contributed by atoms with Gasteiger partial charge >= 0.3 is 22.3 Å². The van der Waals surface area contributed by atoms with E-state index in [1.54, 1.807) is 18.2 Å². The summed E-state index contributed by atoms with van der Waals surface area (Å²) in [5.41, 5.74) is -0.477. The van der Waals surface area contributed by atoms with Crippen molar-refractivity contribution in [3.8, 4) is 0 Å². The summed E-state index contributed by atoms with van der Waals surface area (Å²) in [6, 6.07) is 9.19. The molecule has 0 unspecified atom stereocenters. The van der Waals surface area contributed by atoms with Crippen LogP contribution in [0.15, 0.2) is 54.6 Å². The van der Waals surface area contributed by atoms with Crippen molar-refractivity contribution in [2.24, 2.45) is 11.8 Å². The van der Waals surface area contributed by atoms with E-state index in [0.29, 0.717) is 35.4 Å². The molecule has 0 bridgehead atoms. The van der Waals surface area contributed by atoms with Crippen molar-refractivity contribution in [3.05, 3.63) is 76.6 Å². The minimum atomic E-state index is -4.46. The van der Waals surface area contributed by atoms with Gasteiger partial charge in [0.1, 0.15) is 29.6 Å². The summed E-state index contributed by atoms with van der Waals surface area (Å²) in [6.45, 7) is -0.0553. The summed E-state index contributed by atoms with van der Waals surface area (Å²) in [5, 5.41) is 3.17. The molecular weight excluding hydrogens is 781 g/mol. The Labute approximate surface area is 336 Å². The van der Waals surface area contributed by atoms with Crippen LogP contribution in [0.2, 0.25) is 5.02 Å². The van der Waals surface area contributed by atoms with E-state index >= 15 is 0 Å². The Morgan fingerprint density at radius 3 is 2.46 bits per heavy atom. The molecule has 5 aliphatic rings. The second-order valence-electron chi connectivity index (χ2n) is 15.7. The van der Waals surface area contributed by atoms with E-state index in [9.17, 15) is 36.8 Å². The Balaban J connectivity index is 1.12. The molecule has 2 aromatic carbocycles. The van der Waals surface area contributed by atoms with Gasteiger partial charge in [0.05, 0.1) is 25.2 Å². The molecule has 2 aromatic rings. The number of ether oxygens (including phenoxy) is 2. The lowest BCUT2D eigenvalue weighted by molar-refractivity contribution is -0.154. The number of amides is 4. The van der Waals surface area contributed by atoms with Crippen molar-refractivity contribution in [1.82, 2.24) is 19.8 Å². The first-order chi connectivity index (χ1) is 27.3. The molecule has 3 N–H and O–H groups in total. The third kappa shape index (κ3) is 9.54. The number of hydrogen-bond acceptors (Lipinski definition) is 9. The van der Waals surface area contributed by atoms with E-state index in [0.717, 1.165) is 38.5 Å². The SMILES string of the molecule is O=C(C[C@H]1CCCCCC=C[C@@H]2C[C@@]2(C(=O)NS(=O)(=O)Nc2ccc(Cl)cc2)NC(=O)[C@@H]2C[C@@H](OC(=O)N3Cc4cccc(F)c4C3)CN2C1=O)OC1CCCC1. The third-order valence-corrected chi connectivity index (χ3v) is 12.8. The van der Waals surface area contributed by atoms with E-state index in [1.165, 1.54) is 40.1 Å². The van der Waals surface area contributed by atoms with Crippen LogP contribution < -0.4 is 14.8 Å². The van der Waals surface area contributed by atoms with Gasteiger partial charge in [0.25, 0.3) is 5.91 Å². The van der Waals surface area contributed by atoms with Crippen LogP contribution in [-0.4, -0.2) is 78.3 Å². The Morgan fingerprint density at radius 1 is 0.947 bits per heavy atom. The molecule has 2 aliphatic carbocycles. The predicted molar refractivity (Wildman–Crippen MR) is 206 cm³/mol. The molecule has 306 valence electrons. The van der Waals surface area contributed by atoms with Gasteiger partial charge in [-0.05, 0) is 87.3 Å². The third-order valence-electron chi connectivity index (χ3n) is 11.5. The van der Waals surface area contributed by atoms with Gasteiger partial charge < -0.3 is 19.7 Å². The molecule has 57 heavy (non-hydrogen) atoms. The summed E-state index contributed by atoms with van der Waals surface area (Å²) in [7, 11) is -4.46. The summed E-state index contributed by atoms with van der Waals surface area (Å²) in [5.74, 6) is -4.50. The quantitative estimate of drug-likeness (QED) is 0.236. The van der Waals surface area contributed by atoms with Gasteiger partial charge in [0, 0.05) is 35.4 Å². The Hall–Kier alpha value is -4.70. The molecule has 3 fully saturated rings. The summed E-state index contributed by atoms with van der Waals surface area (Å²) >= 11 is 5.93. The molecule has 7 rings (SSSR count). The van der Waals surface area contributed by atoms with Gasteiger partial charge in [0.15, 0.2) is 0 Å². The minimum absolute atomic E-state index is 0.00633. The number of hydrogen-bond donors (Lipinski definition) is 3. The number of nitrogens with zero attached hydrogens (tertiary/aromatic N) is 2. The summed E-state index contributed by atoms with van der Waals surface area (Å²) in [6.07, 6.45) is 8.17. The zero-order chi connectivity index (χ0) is 40.3. The van der Waals surface area contributed by atoms with Gasteiger partial charge in [-0.1, -0.05) is 48.7 Å². The van der Waals surface area contributed by atoms with Crippen molar-refractivity contribution in [3.63, 3.8) is 0 Å². The topological polar surface area (TPSA) is 181 Å². The average molecular weight is 828 g/mol. The number of fused-ring (bicyclic) bond motifs is 3. The number of carbonyl (C=O) groups is 5. The number of esters is 1. The largest absolute Gasteiger partial charge is 0.462 e. The number of benzene rings is 2. The molecule has 3 heterocycles. The van der Waals surface area contributed by atoms with E-state index in [-0.39, 0.29) is 50.7 Å². The van der Waals surface area contributed by atoms with Gasteiger partial charge in [0.2, 0.25) is 11.8 Å². The highest BCUT2D eigenvalue weighted by Crippen LogP contribution is 2.46. The fraction of sp³-hybridized carbons (Fsp3) is 0.525. The Kier molecular flexibility index (Phi) is 12.1. The van der Waals surface area contributed by atoms with E-state index in [1.807, 2.05) is 10.8 Å². The van der Waals surface area contributed by atoms with Crippen LogP contribution in [-0.2, 0) is 52.0 Å². The molecule has 5 atom stereocenters. The van der Waals surface area contributed by atoms with E-state index in [4.69, 9.17) is 21.1 Å². The highest BCUT2D eigenvalue weighted by Gasteiger charge is 2.61. The van der Waals surface area contributed by atoms with Crippen molar-refractivity contribution < 1.29 is 46.3 Å². The average Bonchev–Trinajstić information content (AvgIpc) is 3.59. The standard InChI is InChI=1S/C40H47ClFN5O9S/c41-28-15-17-29(18-16-28)44-57(53,54)45-38(51)40-21-27(40)11-5-3-1-2-4-9-25(19-35(48)55-30-12-6-7-13-30)37(50)47-23-31(20-34(47)36(49)43-40)56-39(52)46-22-26-10-8-14-33(42)32(26)24-46/h5,8,10-11,14-18,25,27,30-31,34,44H,1-4,6-7,9,12-13,19-24H2,(H,43,49)(H,45,51)/t25-,27-,31-,34+,40-/m1/s1. The number of carbonyl (C=O) groups excluding carboxylic acids is 5. The van der Waals surface area contributed by atoms with Crippen LogP contribution in [0.5, 0.6) is 0 Å². The van der Waals surface area contributed by atoms with Crippen LogP contribution in [0, 0.1) is 17.7 Å². The van der Waals surface area contributed by atoms with Crippen molar-refractivity contribution >= 4 is 57.3 Å². The Bertz CT molecular complexity index is 2030. The predicted octanol–water partition coefficient (Wildman–Crippen LogP) is 5.26. The minimum Gasteiger partial charge on any atom is -0.462 e. The van der Waals surface area contributed by atoms with Crippen molar-refractivity contribution in [1.29, 1.82) is 0 Å². The monoisotopic (exact) mass is 827 g/mol. The zero-order valence-corrected chi connectivity index (χ0v) is 33.0. The first-order valence-electron chi connectivity index (χ1n) is 19.6. The van der Waals surface area contributed by atoms with Crippen LogP contribution in [0.1, 0.15) is 88.2 Å². The lowest BCUT2D eigenvalue weighted by Gasteiger charge is -2.29. The number of halogens is 2. The molecule has 0 radical (unpaired) electrons. The lowest BCUT2D eigenvalue weighted by Crippen LogP contribution is -2.57. The van der Waals surface area contributed by atoms with Gasteiger partial charge in [-0.15, -0.1) is 0 Å². The fourth-order valence-electron chi connectivity index (χ4n) is 8.38. The van der Waals surface area contributed by atoms with E-state index in [2.05, 4.69) is 10.0 Å². The molecule has 0 spiro atoms. The smallest absolute Gasteiger partial charge is 0.410 e. The number of rotatable bonds is 8. The number of allylic oxidation sites excluding steroid dienone is 1. The first-order valence-corrected chi connectivity index (χ1v) is 21.5. The van der Waals surface area contributed by atoms with Crippen LogP contribution in [0.25, 0.3) is 0 Å². The molecule has 4 amide bonds. The number of nitrogens with one attached hydrogen (secondary N) is 3. The highest BCUT2D eigenvalue weighted by atomic mass is 35.5. The summed E-state index contributed by atoms with van der Waals surface area (Å²) in [4.78, 5) is 72.0. The first kappa shape index (κ1) is 40.5. The number of anilines is 1. The van der Waals surface area contributed by atoms with Crippen LogP contribution >= 0.6 is 11.6 Å². The highest BCUT2D eigenvalue weighted by molar-refractivity contribution is 7.91. The van der Waals surface area contributed by atoms with Crippen molar-refractivity contribution in [2.45, 2.75) is 114 Å². The second-order valence-corrected chi connectivity index (χ2v) is 17.5. The molecule has 14 nitrogen and oxygen atoms in total. The molecule has 2 saturated carbocycles.